The molecule has 0 radical (unpaired) electrons. The molecule has 4 fully saturated rings. The lowest BCUT2D eigenvalue weighted by molar-refractivity contribution is -0.267. The summed E-state index contributed by atoms with van der Waals surface area (Å²) < 4.78 is 61.4. The van der Waals surface area contributed by atoms with Crippen molar-refractivity contribution in [1.29, 1.82) is 0 Å². The molecule has 0 aliphatic heterocycles. The van der Waals surface area contributed by atoms with Crippen LogP contribution in [0.3, 0.4) is 0 Å². The molecule has 31 heavy (non-hydrogen) atoms. The fourth-order valence-electron chi connectivity index (χ4n) is 6.10. The van der Waals surface area contributed by atoms with Crippen molar-refractivity contribution in [2.24, 2.45) is 17.8 Å². The minimum atomic E-state index is -5.25. The number of alkyl halides is 3. The molecule has 1 aromatic rings. The van der Waals surface area contributed by atoms with E-state index in [1.807, 2.05) is 0 Å². The maximum atomic E-state index is 13.6. The Bertz CT molecular complexity index is 868. The SMILES string of the molecule is CCOC(=O)[C@](O)(c1ccc(N[S@@](=O)C23CC4CC(CC(C4)C2)C3)c(C)c1)C(F)(F)F. The number of carbonyl (C=O) groups is 1. The number of carbonyl (C=O) groups excluding carboxylic acids is 1. The quantitative estimate of drug-likeness (QED) is 0.620. The molecule has 0 amide bonds. The van der Waals surface area contributed by atoms with Crippen LogP contribution in [-0.2, 0) is 26.1 Å². The molecule has 0 aromatic heterocycles. The molecule has 0 saturated heterocycles. The Labute approximate surface area is 182 Å². The molecular weight excluding hydrogens is 431 g/mol. The predicted molar refractivity (Wildman–Crippen MR) is 110 cm³/mol. The van der Waals surface area contributed by atoms with Gasteiger partial charge in [0.15, 0.2) is 0 Å². The first kappa shape index (κ1) is 22.6. The van der Waals surface area contributed by atoms with Crippen LogP contribution >= 0.6 is 0 Å². The monoisotopic (exact) mass is 459 g/mol. The van der Waals surface area contributed by atoms with Gasteiger partial charge in [0.2, 0.25) is 0 Å². The largest absolute Gasteiger partial charge is 0.463 e. The van der Waals surface area contributed by atoms with E-state index in [0.717, 1.165) is 31.4 Å². The van der Waals surface area contributed by atoms with E-state index in [1.165, 1.54) is 32.3 Å². The normalized spacial score (nSPS) is 32.4. The van der Waals surface area contributed by atoms with Gasteiger partial charge in [-0.15, -0.1) is 0 Å². The molecular formula is C22H28F3NO4S. The zero-order valence-electron chi connectivity index (χ0n) is 17.6. The van der Waals surface area contributed by atoms with E-state index in [-0.39, 0.29) is 11.4 Å². The number of nitrogens with one attached hydrogen (secondary N) is 1. The second-order valence-corrected chi connectivity index (χ2v) is 11.0. The molecule has 4 aliphatic rings. The standard InChI is InChI=1S/C22H28F3NO4S/c1-3-30-19(27)21(28,22(23,24)25)17-4-5-18(13(2)6-17)26-31(29)20-10-14-7-15(11-20)9-16(8-14)12-20/h4-6,14-16,26,28H,3,7-12H2,1-2H3/t14?,15?,16?,20?,21-,31+/m1/s1. The summed E-state index contributed by atoms with van der Waals surface area (Å²) in [6.45, 7) is 2.64. The second kappa shape index (κ2) is 7.76. The van der Waals surface area contributed by atoms with Gasteiger partial charge in [-0.25, -0.2) is 9.00 Å². The first-order chi connectivity index (χ1) is 14.5. The van der Waals surface area contributed by atoms with Crippen molar-refractivity contribution in [3.8, 4) is 0 Å². The van der Waals surface area contributed by atoms with Crippen molar-refractivity contribution in [3.05, 3.63) is 29.3 Å². The number of halogens is 3. The van der Waals surface area contributed by atoms with Crippen molar-refractivity contribution in [2.75, 3.05) is 11.3 Å². The Morgan fingerprint density at radius 3 is 2.19 bits per heavy atom. The predicted octanol–water partition coefficient (Wildman–Crippen LogP) is 4.35. The average Bonchev–Trinajstić information content (AvgIpc) is 2.67. The number of esters is 1. The summed E-state index contributed by atoms with van der Waals surface area (Å²) in [6, 6.07) is 3.49. The lowest BCUT2D eigenvalue weighted by Gasteiger charge is -2.55. The molecule has 4 saturated carbocycles. The number of ether oxygens (including phenoxy) is 1. The summed E-state index contributed by atoms with van der Waals surface area (Å²) in [6.07, 6.45) is 1.17. The van der Waals surface area contributed by atoms with E-state index >= 15 is 0 Å². The number of hydrogen-bond donors (Lipinski definition) is 2. The second-order valence-electron chi connectivity index (χ2n) is 9.43. The first-order valence-corrected chi connectivity index (χ1v) is 11.9. The molecule has 9 heteroatoms. The molecule has 0 spiro atoms. The third-order valence-electron chi connectivity index (χ3n) is 7.20. The molecule has 4 aliphatic carbocycles. The van der Waals surface area contributed by atoms with Crippen LogP contribution in [0.15, 0.2) is 18.2 Å². The summed E-state index contributed by atoms with van der Waals surface area (Å²) in [7, 11) is -1.37. The third-order valence-corrected chi connectivity index (χ3v) is 8.90. The van der Waals surface area contributed by atoms with Gasteiger partial charge < -0.3 is 14.6 Å². The summed E-state index contributed by atoms with van der Waals surface area (Å²) in [5, 5.41) is 10.3. The minimum Gasteiger partial charge on any atom is -0.463 e. The third kappa shape index (κ3) is 3.77. The zero-order chi connectivity index (χ0) is 22.6. The van der Waals surface area contributed by atoms with Gasteiger partial charge in [-0.1, -0.05) is 12.1 Å². The van der Waals surface area contributed by atoms with E-state index < -0.39 is 34.3 Å². The lowest BCUT2D eigenvalue weighted by Crippen LogP contribution is -2.54. The molecule has 4 bridgehead atoms. The van der Waals surface area contributed by atoms with Crippen molar-refractivity contribution in [2.45, 2.75) is 68.9 Å². The van der Waals surface area contributed by atoms with Crippen LogP contribution in [0, 0.1) is 24.7 Å². The number of benzene rings is 1. The van der Waals surface area contributed by atoms with E-state index in [2.05, 4.69) is 9.46 Å². The van der Waals surface area contributed by atoms with Crippen molar-refractivity contribution in [3.63, 3.8) is 0 Å². The van der Waals surface area contributed by atoms with E-state index in [1.54, 1.807) is 6.92 Å². The summed E-state index contributed by atoms with van der Waals surface area (Å²) in [4.78, 5) is 12.0. The van der Waals surface area contributed by atoms with Crippen LogP contribution in [0.1, 0.15) is 56.6 Å². The molecule has 5 rings (SSSR count). The van der Waals surface area contributed by atoms with Gasteiger partial charge in [-0.05, 0) is 81.8 Å². The topological polar surface area (TPSA) is 75.6 Å². The van der Waals surface area contributed by atoms with Gasteiger partial charge >= 0.3 is 12.1 Å². The van der Waals surface area contributed by atoms with Gasteiger partial charge in [0.25, 0.3) is 5.60 Å². The number of hydrogen-bond acceptors (Lipinski definition) is 4. The summed E-state index contributed by atoms with van der Waals surface area (Å²) in [5.74, 6) is 0.0882. The van der Waals surface area contributed by atoms with Crippen molar-refractivity contribution < 1.29 is 32.0 Å². The van der Waals surface area contributed by atoms with E-state index in [4.69, 9.17) is 0 Å². The van der Waals surface area contributed by atoms with Crippen LogP contribution in [0.25, 0.3) is 0 Å². The number of anilines is 1. The highest BCUT2D eigenvalue weighted by Gasteiger charge is 2.62. The molecule has 5 nitrogen and oxygen atoms in total. The number of rotatable bonds is 6. The zero-order valence-corrected chi connectivity index (χ0v) is 18.4. The molecule has 2 N–H and O–H groups in total. The van der Waals surface area contributed by atoms with E-state index in [0.29, 0.717) is 29.0 Å². The number of aliphatic hydroxyl groups is 1. The summed E-state index contributed by atoms with van der Waals surface area (Å²) >= 11 is 0. The smallest absolute Gasteiger partial charge is 0.432 e. The molecule has 2 atom stereocenters. The maximum Gasteiger partial charge on any atom is 0.432 e. The number of aryl methyl sites for hydroxylation is 1. The minimum absolute atomic E-state index is 0.280. The Hall–Kier alpha value is -1.61. The highest BCUT2D eigenvalue weighted by molar-refractivity contribution is 7.87. The molecule has 0 unspecified atom stereocenters. The highest BCUT2D eigenvalue weighted by atomic mass is 32.2. The lowest BCUT2D eigenvalue weighted by atomic mass is 9.56. The van der Waals surface area contributed by atoms with Crippen molar-refractivity contribution in [1.82, 2.24) is 0 Å². The Balaban J connectivity index is 1.58. The first-order valence-electron chi connectivity index (χ1n) is 10.7. The van der Waals surface area contributed by atoms with Crippen molar-refractivity contribution >= 4 is 22.6 Å². The Kier molecular flexibility index (Phi) is 5.65. The highest BCUT2D eigenvalue weighted by Crippen LogP contribution is 2.58. The van der Waals surface area contributed by atoms with Gasteiger partial charge in [-0.3, -0.25) is 0 Å². The Morgan fingerprint density at radius 1 is 1.19 bits per heavy atom. The van der Waals surface area contributed by atoms with Crippen LogP contribution in [-0.4, -0.2) is 32.8 Å². The van der Waals surface area contributed by atoms with Gasteiger partial charge in [0, 0.05) is 11.3 Å². The molecule has 0 heterocycles. The van der Waals surface area contributed by atoms with Crippen LogP contribution in [0.4, 0.5) is 18.9 Å². The molecule has 1 aromatic carbocycles. The van der Waals surface area contributed by atoms with Crippen LogP contribution in [0.2, 0.25) is 0 Å². The maximum absolute atomic E-state index is 13.6. The van der Waals surface area contributed by atoms with Gasteiger partial charge in [-0.2, -0.15) is 13.2 Å². The Morgan fingerprint density at radius 2 is 1.74 bits per heavy atom. The average molecular weight is 460 g/mol. The fourth-order valence-corrected chi connectivity index (χ4v) is 7.91. The molecule has 172 valence electrons. The van der Waals surface area contributed by atoms with Gasteiger partial charge in [0.1, 0.15) is 11.0 Å². The van der Waals surface area contributed by atoms with Crippen LogP contribution < -0.4 is 4.72 Å². The fraction of sp³-hybridized carbons (Fsp3) is 0.682. The summed E-state index contributed by atoms with van der Waals surface area (Å²) in [5.41, 5.74) is -3.58. The van der Waals surface area contributed by atoms with E-state index in [9.17, 15) is 27.3 Å². The van der Waals surface area contributed by atoms with Gasteiger partial charge in [0.05, 0.1) is 11.4 Å². The van der Waals surface area contributed by atoms with Crippen LogP contribution in [0.5, 0.6) is 0 Å².